The highest BCUT2D eigenvalue weighted by molar-refractivity contribution is 7.22. The van der Waals surface area contributed by atoms with Gasteiger partial charge in [-0.2, -0.15) is 0 Å². The molecule has 0 saturated carbocycles. The van der Waals surface area contributed by atoms with Gasteiger partial charge in [-0.15, -0.1) is 0 Å². The third-order valence-corrected chi connectivity index (χ3v) is 4.04. The van der Waals surface area contributed by atoms with Crippen molar-refractivity contribution in [1.82, 2.24) is 9.97 Å². The SMILES string of the molecule is Cc1ccc2nc(NC(=O)Cc3oc(C)nc3C)sc2c1. The third-order valence-electron chi connectivity index (χ3n) is 3.11. The summed E-state index contributed by atoms with van der Waals surface area (Å²) in [5, 5.41) is 3.42. The number of carbonyl (C=O) groups is 1. The second-order valence-electron chi connectivity index (χ2n) is 4.96. The quantitative estimate of drug-likeness (QED) is 0.805. The minimum Gasteiger partial charge on any atom is -0.445 e. The molecule has 0 saturated heterocycles. The van der Waals surface area contributed by atoms with Crippen LogP contribution in [0.2, 0.25) is 0 Å². The van der Waals surface area contributed by atoms with E-state index >= 15 is 0 Å². The van der Waals surface area contributed by atoms with Gasteiger partial charge in [-0.25, -0.2) is 9.97 Å². The predicted octanol–water partition coefficient (Wildman–Crippen LogP) is 3.39. The first-order valence-corrected chi connectivity index (χ1v) is 7.43. The lowest BCUT2D eigenvalue weighted by molar-refractivity contribution is -0.115. The van der Waals surface area contributed by atoms with Gasteiger partial charge in [0, 0.05) is 6.92 Å². The van der Waals surface area contributed by atoms with Crippen molar-refractivity contribution < 1.29 is 9.21 Å². The van der Waals surface area contributed by atoms with Gasteiger partial charge in [0.1, 0.15) is 5.76 Å². The number of carbonyl (C=O) groups excluding carboxylic acids is 1. The van der Waals surface area contributed by atoms with Crippen LogP contribution in [0.3, 0.4) is 0 Å². The fraction of sp³-hybridized carbons (Fsp3) is 0.267. The minimum atomic E-state index is -0.148. The lowest BCUT2D eigenvalue weighted by Crippen LogP contribution is -2.14. The Morgan fingerprint density at radius 3 is 2.81 bits per heavy atom. The number of nitrogens with one attached hydrogen (secondary N) is 1. The van der Waals surface area contributed by atoms with Crippen LogP contribution in [0, 0.1) is 20.8 Å². The minimum absolute atomic E-state index is 0.148. The topological polar surface area (TPSA) is 68.0 Å². The number of hydrogen-bond acceptors (Lipinski definition) is 5. The van der Waals surface area contributed by atoms with E-state index < -0.39 is 0 Å². The van der Waals surface area contributed by atoms with E-state index in [2.05, 4.69) is 21.4 Å². The highest BCUT2D eigenvalue weighted by Gasteiger charge is 2.13. The van der Waals surface area contributed by atoms with Crippen molar-refractivity contribution in [3.05, 3.63) is 41.1 Å². The molecule has 1 N–H and O–H groups in total. The van der Waals surface area contributed by atoms with E-state index in [9.17, 15) is 4.79 Å². The monoisotopic (exact) mass is 301 g/mol. The molecule has 0 aliphatic carbocycles. The van der Waals surface area contributed by atoms with Gasteiger partial charge >= 0.3 is 0 Å². The molecule has 0 fully saturated rings. The lowest BCUT2D eigenvalue weighted by Gasteiger charge is -1.99. The number of anilines is 1. The molecule has 108 valence electrons. The number of nitrogens with zero attached hydrogens (tertiary/aromatic N) is 2. The predicted molar refractivity (Wildman–Crippen MR) is 82.7 cm³/mol. The summed E-state index contributed by atoms with van der Waals surface area (Å²) in [6.07, 6.45) is 0.168. The summed E-state index contributed by atoms with van der Waals surface area (Å²) >= 11 is 1.47. The maximum Gasteiger partial charge on any atom is 0.233 e. The van der Waals surface area contributed by atoms with Crippen LogP contribution < -0.4 is 5.32 Å². The first kappa shape index (κ1) is 13.8. The highest BCUT2D eigenvalue weighted by atomic mass is 32.1. The van der Waals surface area contributed by atoms with E-state index in [1.807, 2.05) is 26.0 Å². The maximum absolute atomic E-state index is 12.1. The molecule has 0 radical (unpaired) electrons. The van der Waals surface area contributed by atoms with Crippen molar-refractivity contribution in [2.75, 3.05) is 5.32 Å². The molecule has 21 heavy (non-hydrogen) atoms. The molecular formula is C15H15N3O2S. The van der Waals surface area contributed by atoms with E-state index in [0.717, 1.165) is 15.9 Å². The van der Waals surface area contributed by atoms with Crippen LogP contribution in [0.25, 0.3) is 10.2 Å². The molecule has 0 aliphatic heterocycles. The van der Waals surface area contributed by atoms with Gasteiger partial charge in [0.15, 0.2) is 11.0 Å². The normalized spacial score (nSPS) is 11.0. The molecule has 0 bridgehead atoms. The molecule has 2 aromatic heterocycles. The Balaban J connectivity index is 1.75. The Morgan fingerprint density at radius 1 is 1.29 bits per heavy atom. The second kappa shape index (κ2) is 5.29. The zero-order chi connectivity index (χ0) is 15.0. The van der Waals surface area contributed by atoms with Crippen molar-refractivity contribution >= 4 is 32.6 Å². The standard InChI is InChI=1S/C15H15N3O2S/c1-8-4-5-11-13(6-8)21-15(17-11)18-14(19)7-12-9(2)16-10(3)20-12/h4-6H,7H2,1-3H3,(H,17,18,19). The number of thiazole rings is 1. The zero-order valence-corrected chi connectivity index (χ0v) is 12.9. The largest absolute Gasteiger partial charge is 0.445 e. The summed E-state index contributed by atoms with van der Waals surface area (Å²) in [6.45, 7) is 5.64. The third kappa shape index (κ3) is 2.95. The number of fused-ring (bicyclic) bond motifs is 1. The van der Waals surface area contributed by atoms with E-state index in [-0.39, 0.29) is 12.3 Å². The molecule has 0 atom stereocenters. The Morgan fingerprint density at radius 2 is 2.10 bits per heavy atom. The molecule has 6 heteroatoms. The molecule has 3 rings (SSSR count). The Hall–Kier alpha value is -2.21. The van der Waals surface area contributed by atoms with Crippen molar-refractivity contribution in [2.45, 2.75) is 27.2 Å². The number of amides is 1. The summed E-state index contributed by atoms with van der Waals surface area (Å²) < 4.78 is 6.48. The van der Waals surface area contributed by atoms with Crippen molar-refractivity contribution in [3.63, 3.8) is 0 Å². The molecule has 1 aromatic carbocycles. The first-order valence-electron chi connectivity index (χ1n) is 6.61. The number of benzene rings is 1. The van der Waals surface area contributed by atoms with Gasteiger partial charge in [-0.3, -0.25) is 4.79 Å². The Kier molecular flexibility index (Phi) is 3.47. The van der Waals surface area contributed by atoms with E-state index in [1.165, 1.54) is 16.9 Å². The van der Waals surface area contributed by atoms with Gasteiger partial charge in [0.2, 0.25) is 5.91 Å². The van der Waals surface area contributed by atoms with Gasteiger partial charge in [-0.1, -0.05) is 17.4 Å². The van der Waals surface area contributed by atoms with E-state index in [4.69, 9.17) is 4.42 Å². The molecular weight excluding hydrogens is 286 g/mol. The fourth-order valence-corrected chi connectivity index (χ4v) is 3.11. The summed E-state index contributed by atoms with van der Waals surface area (Å²) in [5.41, 5.74) is 2.83. The van der Waals surface area contributed by atoms with Crippen LogP contribution in [0.15, 0.2) is 22.6 Å². The summed E-state index contributed by atoms with van der Waals surface area (Å²) in [4.78, 5) is 20.6. The van der Waals surface area contributed by atoms with Crippen molar-refractivity contribution in [3.8, 4) is 0 Å². The maximum atomic E-state index is 12.1. The summed E-state index contributed by atoms with van der Waals surface area (Å²) in [6, 6.07) is 6.03. The fourth-order valence-electron chi connectivity index (χ4n) is 2.13. The van der Waals surface area contributed by atoms with E-state index in [1.54, 1.807) is 6.92 Å². The van der Waals surface area contributed by atoms with Crippen LogP contribution in [0.5, 0.6) is 0 Å². The van der Waals surface area contributed by atoms with Gasteiger partial charge in [0.05, 0.1) is 22.3 Å². The number of rotatable bonds is 3. The van der Waals surface area contributed by atoms with Crippen LogP contribution in [0.1, 0.15) is 22.9 Å². The van der Waals surface area contributed by atoms with Crippen LogP contribution in [-0.2, 0) is 11.2 Å². The second-order valence-corrected chi connectivity index (χ2v) is 5.99. The molecule has 0 aliphatic rings. The van der Waals surface area contributed by atoms with Crippen LogP contribution >= 0.6 is 11.3 Å². The zero-order valence-electron chi connectivity index (χ0n) is 12.1. The molecule has 5 nitrogen and oxygen atoms in total. The summed E-state index contributed by atoms with van der Waals surface area (Å²) in [5.74, 6) is 1.03. The highest BCUT2D eigenvalue weighted by Crippen LogP contribution is 2.26. The number of aryl methyl sites for hydroxylation is 3. The van der Waals surface area contributed by atoms with Crippen LogP contribution in [0.4, 0.5) is 5.13 Å². The van der Waals surface area contributed by atoms with Gasteiger partial charge < -0.3 is 9.73 Å². The average Bonchev–Trinajstić information content (AvgIpc) is 2.91. The van der Waals surface area contributed by atoms with Gasteiger partial charge in [0.25, 0.3) is 0 Å². The molecule has 3 aromatic rings. The van der Waals surface area contributed by atoms with E-state index in [0.29, 0.717) is 16.8 Å². The Bertz CT molecular complexity index is 820. The van der Waals surface area contributed by atoms with Crippen LogP contribution in [-0.4, -0.2) is 15.9 Å². The summed E-state index contributed by atoms with van der Waals surface area (Å²) in [7, 11) is 0. The van der Waals surface area contributed by atoms with Crippen molar-refractivity contribution in [1.29, 1.82) is 0 Å². The number of hydrogen-bond donors (Lipinski definition) is 1. The average molecular weight is 301 g/mol. The number of oxazole rings is 1. The molecule has 0 unspecified atom stereocenters. The molecule has 2 heterocycles. The van der Waals surface area contributed by atoms with Gasteiger partial charge in [-0.05, 0) is 31.5 Å². The molecule has 0 spiro atoms. The van der Waals surface area contributed by atoms with Crippen molar-refractivity contribution in [2.24, 2.45) is 0 Å². The number of aromatic nitrogens is 2. The smallest absolute Gasteiger partial charge is 0.233 e. The Labute approximate surface area is 126 Å². The first-order chi connectivity index (χ1) is 10.0. The molecule has 1 amide bonds. The lowest BCUT2D eigenvalue weighted by atomic mass is 10.2.